The summed E-state index contributed by atoms with van der Waals surface area (Å²) < 4.78 is 40.3. The largest absolute Gasteiger partial charge is 0.426 e. The zero-order valence-corrected chi connectivity index (χ0v) is 10.1. The number of rotatable bonds is 3. The number of hydrogen-bond acceptors (Lipinski definition) is 3. The number of halogens is 3. The standard InChI is InChI=1S/C10H9F3O3.C2H6/c11-10(12,13)8(14)6-9(15)16-7-4-2-1-3-5-7;1-2/h1-5,8,14H,6H2;1-2H3. The lowest BCUT2D eigenvalue weighted by Gasteiger charge is -2.13. The van der Waals surface area contributed by atoms with E-state index in [-0.39, 0.29) is 5.75 Å². The Labute approximate surface area is 103 Å². The van der Waals surface area contributed by atoms with E-state index in [0.717, 1.165) is 0 Å². The molecular formula is C12H15F3O3. The maximum Gasteiger partial charge on any atom is 0.414 e. The van der Waals surface area contributed by atoms with Gasteiger partial charge in [-0.1, -0.05) is 32.0 Å². The van der Waals surface area contributed by atoms with Crippen molar-refractivity contribution in [3.63, 3.8) is 0 Å². The molecule has 0 heterocycles. The van der Waals surface area contributed by atoms with E-state index < -0.39 is 24.7 Å². The van der Waals surface area contributed by atoms with Gasteiger partial charge in [-0.3, -0.25) is 4.79 Å². The highest BCUT2D eigenvalue weighted by Crippen LogP contribution is 2.22. The van der Waals surface area contributed by atoms with Crippen molar-refractivity contribution in [2.75, 3.05) is 0 Å². The van der Waals surface area contributed by atoms with Crippen LogP contribution in [0.3, 0.4) is 0 Å². The van der Waals surface area contributed by atoms with Gasteiger partial charge in [0.2, 0.25) is 0 Å². The molecule has 102 valence electrons. The van der Waals surface area contributed by atoms with E-state index in [0.29, 0.717) is 0 Å². The van der Waals surface area contributed by atoms with Crippen molar-refractivity contribution in [3.8, 4) is 5.75 Å². The fourth-order valence-corrected chi connectivity index (χ4v) is 0.935. The first-order valence-corrected chi connectivity index (χ1v) is 5.40. The van der Waals surface area contributed by atoms with Crippen molar-refractivity contribution >= 4 is 5.97 Å². The van der Waals surface area contributed by atoms with Crippen LogP contribution in [0.2, 0.25) is 0 Å². The molecule has 0 saturated heterocycles. The SMILES string of the molecule is CC.O=C(CC(O)C(F)(F)F)Oc1ccccc1. The summed E-state index contributed by atoms with van der Waals surface area (Å²) in [6, 6.07) is 7.67. The molecular weight excluding hydrogens is 249 g/mol. The lowest BCUT2D eigenvalue weighted by molar-refractivity contribution is -0.207. The van der Waals surface area contributed by atoms with Crippen LogP contribution in [0.25, 0.3) is 0 Å². The first kappa shape index (κ1) is 16.4. The van der Waals surface area contributed by atoms with Gasteiger partial charge in [-0.2, -0.15) is 13.2 Å². The zero-order chi connectivity index (χ0) is 14.2. The van der Waals surface area contributed by atoms with Gasteiger partial charge in [-0.15, -0.1) is 0 Å². The molecule has 0 fully saturated rings. The van der Waals surface area contributed by atoms with Gasteiger partial charge in [0.15, 0.2) is 6.10 Å². The Hall–Kier alpha value is -1.56. The third kappa shape index (κ3) is 6.24. The Morgan fingerprint density at radius 3 is 2.22 bits per heavy atom. The maximum atomic E-state index is 11.9. The van der Waals surface area contributed by atoms with E-state index >= 15 is 0 Å². The number of para-hydroxylation sites is 1. The van der Waals surface area contributed by atoms with E-state index in [1.165, 1.54) is 12.1 Å². The third-order valence-corrected chi connectivity index (χ3v) is 1.71. The molecule has 1 N–H and O–H groups in total. The second kappa shape index (κ2) is 7.71. The molecule has 0 saturated carbocycles. The van der Waals surface area contributed by atoms with Crippen LogP contribution in [0.15, 0.2) is 30.3 Å². The normalized spacial score (nSPS) is 12.1. The van der Waals surface area contributed by atoms with E-state index in [1.54, 1.807) is 18.2 Å². The molecule has 1 rings (SSSR count). The summed E-state index contributed by atoms with van der Waals surface area (Å²) in [5, 5.41) is 8.61. The predicted molar refractivity (Wildman–Crippen MR) is 60.1 cm³/mol. The van der Waals surface area contributed by atoms with Crippen molar-refractivity contribution in [2.45, 2.75) is 32.5 Å². The third-order valence-electron chi connectivity index (χ3n) is 1.71. The van der Waals surface area contributed by atoms with Gasteiger partial charge in [-0.05, 0) is 12.1 Å². The molecule has 0 spiro atoms. The number of aliphatic hydroxyl groups excluding tert-OH is 1. The molecule has 1 aromatic carbocycles. The molecule has 3 nitrogen and oxygen atoms in total. The molecule has 0 bridgehead atoms. The van der Waals surface area contributed by atoms with Gasteiger partial charge in [0.25, 0.3) is 0 Å². The van der Waals surface area contributed by atoms with Crippen LogP contribution < -0.4 is 4.74 Å². The van der Waals surface area contributed by atoms with Crippen molar-refractivity contribution in [1.82, 2.24) is 0 Å². The second-order valence-electron chi connectivity index (χ2n) is 3.05. The Morgan fingerprint density at radius 1 is 1.28 bits per heavy atom. The minimum atomic E-state index is -4.81. The fourth-order valence-electron chi connectivity index (χ4n) is 0.935. The maximum absolute atomic E-state index is 11.9. The summed E-state index contributed by atoms with van der Waals surface area (Å²) in [5.74, 6) is -0.988. The average molecular weight is 264 g/mol. The van der Waals surface area contributed by atoms with Crippen LogP contribution in [0, 0.1) is 0 Å². The molecule has 0 amide bonds. The Bertz CT molecular complexity index is 349. The summed E-state index contributed by atoms with van der Waals surface area (Å²) in [7, 11) is 0. The van der Waals surface area contributed by atoms with Crippen molar-refractivity contribution in [3.05, 3.63) is 30.3 Å². The summed E-state index contributed by atoms with van der Waals surface area (Å²) in [6.07, 6.45) is -8.61. The Kier molecular flexibility index (Phi) is 7.04. The Morgan fingerprint density at radius 2 is 1.78 bits per heavy atom. The van der Waals surface area contributed by atoms with Gasteiger partial charge in [0.05, 0.1) is 6.42 Å². The minimum absolute atomic E-state index is 0.141. The molecule has 0 aliphatic carbocycles. The van der Waals surface area contributed by atoms with Gasteiger partial charge in [-0.25, -0.2) is 0 Å². The van der Waals surface area contributed by atoms with Crippen LogP contribution in [0.4, 0.5) is 13.2 Å². The first-order chi connectivity index (χ1) is 8.39. The number of benzene rings is 1. The summed E-state index contributed by atoms with van der Waals surface area (Å²) >= 11 is 0. The van der Waals surface area contributed by atoms with Gasteiger partial charge in [0.1, 0.15) is 5.75 Å². The highest BCUT2D eigenvalue weighted by molar-refractivity contribution is 5.72. The Balaban J connectivity index is 0.00000137. The van der Waals surface area contributed by atoms with Crippen molar-refractivity contribution in [2.24, 2.45) is 0 Å². The molecule has 1 unspecified atom stereocenters. The fraction of sp³-hybridized carbons (Fsp3) is 0.417. The predicted octanol–water partition coefficient (Wildman–Crippen LogP) is 2.93. The average Bonchev–Trinajstić information content (AvgIpc) is 2.31. The number of alkyl halides is 3. The minimum Gasteiger partial charge on any atom is -0.426 e. The molecule has 1 aromatic rings. The number of hydrogen-bond donors (Lipinski definition) is 1. The van der Waals surface area contributed by atoms with E-state index in [2.05, 4.69) is 4.74 Å². The van der Waals surface area contributed by atoms with E-state index in [1.807, 2.05) is 13.8 Å². The highest BCUT2D eigenvalue weighted by Gasteiger charge is 2.39. The van der Waals surface area contributed by atoms with E-state index in [9.17, 15) is 18.0 Å². The number of carbonyl (C=O) groups is 1. The lowest BCUT2D eigenvalue weighted by atomic mass is 10.2. The second-order valence-corrected chi connectivity index (χ2v) is 3.05. The molecule has 1 atom stereocenters. The van der Waals surface area contributed by atoms with Crippen LogP contribution in [0.1, 0.15) is 20.3 Å². The van der Waals surface area contributed by atoms with E-state index in [4.69, 9.17) is 5.11 Å². The molecule has 0 radical (unpaired) electrons. The summed E-state index contributed by atoms with van der Waals surface area (Å²) in [6.45, 7) is 4.00. The monoisotopic (exact) mass is 264 g/mol. The number of ether oxygens (including phenoxy) is 1. The van der Waals surface area contributed by atoms with Crippen LogP contribution >= 0.6 is 0 Å². The lowest BCUT2D eigenvalue weighted by Crippen LogP contribution is -2.32. The highest BCUT2D eigenvalue weighted by atomic mass is 19.4. The summed E-state index contributed by atoms with van der Waals surface area (Å²) in [4.78, 5) is 11.0. The first-order valence-electron chi connectivity index (χ1n) is 5.40. The smallest absolute Gasteiger partial charge is 0.414 e. The molecule has 0 aromatic heterocycles. The van der Waals surface area contributed by atoms with Gasteiger partial charge in [0, 0.05) is 0 Å². The molecule has 6 heteroatoms. The van der Waals surface area contributed by atoms with Gasteiger partial charge < -0.3 is 9.84 Å². The van der Waals surface area contributed by atoms with Crippen LogP contribution in [0.5, 0.6) is 5.75 Å². The zero-order valence-electron chi connectivity index (χ0n) is 10.1. The van der Waals surface area contributed by atoms with Crippen molar-refractivity contribution in [1.29, 1.82) is 0 Å². The van der Waals surface area contributed by atoms with Gasteiger partial charge >= 0.3 is 12.1 Å². The van der Waals surface area contributed by atoms with Crippen molar-refractivity contribution < 1.29 is 27.8 Å². The summed E-state index contributed by atoms with van der Waals surface area (Å²) in [5.41, 5.74) is 0. The molecule has 0 aliphatic rings. The molecule has 0 aliphatic heterocycles. The topological polar surface area (TPSA) is 46.5 Å². The quantitative estimate of drug-likeness (QED) is 0.674. The molecule has 18 heavy (non-hydrogen) atoms. The van der Waals surface area contributed by atoms with Crippen LogP contribution in [-0.2, 0) is 4.79 Å². The number of aliphatic hydroxyl groups is 1. The van der Waals surface area contributed by atoms with Crippen LogP contribution in [-0.4, -0.2) is 23.4 Å². The number of carbonyl (C=O) groups excluding carboxylic acids is 1. The number of esters is 1.